The molecular formula is C14H26N2O. The first-order chi connectivity index (χ1) is 7.97. The Hall–Kier alpha value is -0.730. The van der Waals surface area contributed by atoms with Gasteiger partial charge >= 0.3 is 6.03 Å². The van der Waals surface area contributed by atoms with E-state index in [4.69, 9.17) is 0 Å². The van der Waals surface area contributed by atoms with Crippen molar-refractivity contribution in [3.05, 3.63) is 0 Å². The third-order valence-corrected chi connectivity index (χ3v) is 4.44. The summed E-state index contributed by atoms with van der Waals surface area (Å²) >= 11 is 0. The van der Waals surface area contributed by atoms with Gasteiger partial charge in [0, 0.05) is 19.1 Å². The number of carbonyl (C=O) groups excluding carboxylic acids is 1. The molecule has 17 heavy (non-hydrogen) atoms. The molecular weight excluding hydrogens is 212 g/mol. The highest BCUT2D eigenvalue weighted by Gasteiger charge is 2.31. The summed E-state index contributed by atoms with van der Waals surface area (Å²) in [5, 5.41) is 3.13. The predicted molar refractivity (Wildman–Crippen MR) is 69.9 cm³/mol. The Kier molecular flexibility index (Phi) is 3.64. The minimum atomic E-state index is 0.169. The van der Waals surface area contributed by atoms with E-state index in [0.717, 1.165) is 31.8 Å². The van der Waals surface area contributed by atoms with Crippen molar-refractivity contribution in [2.75, 3.05) is 13.1 Å². The lowest BCUT2D eigenvalue weighted by Crippen LogP contribution is -2.50. The largest absolute Gasteiger partial charge is 0.335 e. The molecule has 0 spiro atoms. The molecule has 1 saturated heterocycles. The molecule has 3 heteroatoms. The molecule has 1 aliphatic heterocycles. The molecule has 2 aliphatic rings. The number of hydrogen-bond acceptors (Lipinski definition) is 1. The molecule has 2 fully saturated rings. The number of urea groups is 1. The van der Waals surface area contributed by atoms with Gasteiger partial charge in [0.1, 0.15) is 0 Å². The van der Waals surface area contributed by atoms with Gasteiger partial charge in [0.15, 0.2) is 0 Å². The number of nitrogens with zero attached hydrogens (tertiary/aromatic N) is 1. The van der Waals surface area contributed by atoms with Crippen LogP contribution in [0.25, 0.3) is 0 Å². The predicted octanol–water partition coefficient (Wildman–Crippen LogP) is 3.01. The van der Waals surface area contributed by atoms with Gasteiger partial charge in [-0.2, -0.15) is 0 Å². The highest BCUT2D eigenvalue weighted by atomic mass is 16.2. The fraction of sp³-hybridized carbons (Fsp3) is 0.929. The summed E-state index contributed by atoms with van der Waals surface area (Å²) < 4.78 is 0. The third-order valence-electron chi connectivity index (χ3n) is 4.44. The third kappa shape index (κ3) is 3.14. The van der Waals surface area contributed by atoms with Gasteiger partial charge in [-0.15, -0.1) is 0 Å². The molecule has 0 aromatic heterocycles. The number of piperidine rings is 1. The van der Waals surface area contributed by atoms with Crippen LogP contribution in [0.4, 0.5) is 4.79 Å². The average molecular weight is 238 g/mol. The highest BCUT2D eigenvalue weighted by molar-refractivity contribution is 5.74. The minimum absolute atomic E-state index is 0.169. The van der Waals surface area contributed by atoms with Crippen molar-refractivity contribution in [2.45, 2.75) is 58.9 Å². The van der Waals surface area contributed by atoms with Crippen molar-refractivity contribution >= 4 is 6.03 Å². The minimum Gasteiger partial charge on any atom is -0.335 e. The first-order valence-corrected chi connectivity index (χ1v) is 7.02. The monoisotopic (exact) mass is 238 g/mol. The summed E-state index contributed by atoms with van der Waals surface area (Å²) in [6, 6.07) is 0.630. The number of amides is 2. The first-order valence-electron chi connectivity index (χ1n) is 7.02. The molecule has 2 amide bonds. The van der Waals surface area contributed by atoms with Crippen molar-refractivity contribution in [1.82, 2.24) is 10.2 Å². The molecule has 0 aromatic rings. The van der Waals surface area contributed by atoms with Gasteiger partial charge in [-0.25, -0.2) is 4.79 Å². The van der Waals surface area contributed by atoms with Crippen LogP contribution in [-0.2, 0) is 0 Å². The maximum Gasteiger partial charge on any atom is 0.317 e. The SMILES string of the molecule is CC(C)(C)C1CCN(C(=O)NC2CCC2)CC1. The Bertz CT molecular complexity index is 270. The number of nitrogens with one attached hydrogen (secondary N) is 1. The number of carbonyl (C=O) groups is 1. The maximum atomic E-state index is 12.0. The van der Waals surface area contributed by atoms with Crippen LogP contribution < -0.4 is 5.32 Å². The van der Waals surface area contributed by atoms with Crippen molar-refractivity contribution in [1.29, 1.82) is 0 Å². The van der Waals surface area contributed by atoms with Crippen molar-refractivity contribution in [3.63, 3.8) is 0 Å². The summed E-state index contributed by atoms with van der Waals surface area (Å²) in [4.78, 5) is 14.0. The molecule has 98 valence electrons. The van der Waals surface area contributed by atoms with E-state index < -0.39 is 0 Å². The lowest BCUT2D eigenvalue weighted by molar-refractivity contribution is 0.118. The van der Waals surface area contributed by atoms with Gasteiger partial charge in [0.05, 0.1) is 0 Å². The molecule has 3 nitrogen and oxygen atoms in total. The van der Waals surface area contributed by atoms with E-state index in [1.807, 2.05) is 4.90 Å². The smallest absolute Gasteiger partial charge is 0.317 e. The van der Waals surface area contributed by atoms with Crippen LogP contribution in [0.5, 0.6) is 0 Å². The van der Waals surface area contributed by atoms with E-state index in [1.54, 1.807) is 0 Å². The Labute approximate surface area is 105 Å². The Morgan fingerprint density at radius 1 is 1.12 bits per heavy atom. The van der Waals surface area contributed by atoms with E-state index in [0.29, 0.717) is 11.5 Å². The second kappa shape index (κ2) is 4.87. The summed E-state index contributed by atoms with van der Waals surface area (Å²) in [5.74, 6) is 0.759. The molecule has 0 unspecified atom stereocenters. The average Bonchev–Trinajstić information content (AvgIpc) is 2.22. The van der Waals surface area contributed by atoms with Gasteiger partial charge < -0.3 is 10.2 Å². The van der Waals surface area contributed by atoms with Gasteiger partial charge in [-0.3, -0.25) is 0 Å². The van der Waals surface area contributed by atoms with E-state index >= 15 is 0 Å². The fourth-order valence-corrected chi connectivity index (χ4v) is 2.77. The van der Waals surface area contributed by atoms with Gasteiger partial charge in [0.25, 0.3) is 0 Å². The van der Waals surface area contributed by atoms with Crippen molar-refractivity contribution in [3.8, 4) is 0 Å². The molecule has 1 N–H and O–H groups in total. The molecule has 1 saturated carbocycles. The van der Waals surface area contributed by atoms with E-state index in [9.17, 15) is 4.79 Å². The molecule has 0 aromatic carbocycles. The lowest BCUT2D eigenvalue weighted by Gasteiger charge is -2.39. The highest BCUT2D eigenvalue weighted by Crippen LogP contribution is 2.34. The van der Waals surface area contributed by atoms with Crippen molar-refractivity contribution < 1.29 is 4.79 Å². The van der Waals surface area contributed by atoms with Crippen LogP contribution in [0.3, 0.4) is 0 Å². The van der Waals surface area contributed by atoms with Crippen molar-refractivity contribution in [2.24, 2.45) is 11.3 Å². The Morgan fingerprint density at radius 2 is 1.71 bits per heavy atom. The normalized spacial score (nSPS) is 23.4. The second-order valence-corrected chi connectivity index (χ2v) is 6.70. The first kappa shape index (κ1) is 12.7. The molecule has 1 aliphatic carbocycles. The topological polar surface area (TPSA) is 32.3 Å². The number of rotatable bonds is 1. The van der Waals surface area contributed by atoms with E-state index in [2.05, 4.69) is 26.1 Å². The lowest BCUT2D eigenvalue weighted by atomic mass is 9.75. The summed E-state index contributed by atoms with van der Waals surface area (Å²) in [6.45, 7) is 8.78. The standard InChI is InChI=1S/C14H26N2O/c1-14(2,3)11-7-9-16(10-8-11)13(17)15-12-5-4-6-12/h11-12H,4-10H2,1-3H3,(H,15,17). The molecule has 1 heterocycles. The van der Waals surface area contributed by atoms with E-state index in [-0.39, 0.29) is 6.03 Å². The summed E-state index contributed by atoms with van der Waals surface area (Å²) in [7, 11) is 0. The zero-order valence-corrected chi connectivity index (χ0v) is 11.5. The van der Waals surface area contributed by atoms with Crippen LogP contribution in [0.2, 0.25) is 0 Å². The molecule has 0 atom stereocenters. The van der Waals surface area contributed by atoms with Gasteiger partial charge in [-0.05, 0) is 43.4 Å². The maximum absolute atomic E-state index is 12.0. The van der Waals surface area contributed by atoms with E-state index in [1.165, 1.54) is 19.3 Å². The zero-order valence-electron chi connectivity index (χ0n) is 11.5. The summed E-state index contributed by atoms with van der Waals surface area (Å²) in [5.41, 5.74) is 0.385. The van der Waals surface area contributed by atoms with Crippen LogP contribution in [0.1, 0.15) is 52.9 Å². The van der Waals surface area contributed by atoms with Crippen LogP contribution >= 0.6 is 0 Å². The molecule has 0 radical (unpaired) electrons. The number of likely N-dealkylation sites (tertiary alicyclic amines) is 1. The zero-order chi connectivity index (χ0) is 12.5. The van der Waals surface area contributed by atoms with Crippen LogP contribution in [-0.4, -0.2) is 30.1 Å². The van der Waals surface area contributed by atoms with Gasteiger partial charge in [-0.1, -0.05) is 20.8 Å². The second-order valence-electron chi connectivity index (χ2n) is 6.70. The fourth-order valence-electron chi connectivity index (χ4n) is 2.77. The van der Waals surface area contributed by atoms with Crippen LogP contribution in [0.15, 0.2) is 0 Å². The quantitative estimate of drug-likeness (QED) is 0.748. The molecule has 2 rings (SSSR count). The van der Waals surface area contributed by atoms with Gasteiger partial charge in [0.2, 0.25) is 0 Å². The Morgan fingerprint density at radius 3 is 2.12 bits per heavy atom. The molecule has 0 bridgehead atoms. The van der Waals surface area contributed by atoms with Crippen LogP contribution in [0, 0.1) is 11.3 Å². The number of hydrogen-bond donors (Lipinski definition) is 1. The summed E-state index contributed by atoms with van der Waals surface area (Å²) in [6.07, 6.45) is 5.93. The Balaban J connectivity index is 1.76.